The van der Waals surface area contributed by atoms with Crippen molar-refractivity contribution in [1.29, 1.82) is 0 Å². The maximum atomic E-state index is 13.6. The second kappa shape index (κ2) is 6.93. The van der Waals surface area contributed by atoms with Gasteiger partial charge in [0.1, 0.15) is 5.82 Å². The molecule has 0 amide bonds. The molecular formula is C14H20ClFN2S. The third-order valence-electron chi connectivity index (χ3n) is 3.62. The standard InChI is InChI=1S/C14H20ClFN2S/c1-2-11-9-18(5-6-19-11)14(8-17)10-3-4-12(15)13(16)7-10/h3-4,7,11,14H,2,5-6,8-9,17H2,1H3. The van der Waals surface area contributed by atoms with Crippen LogP contribution >= 0.6 is 23.4 Å². The lowest BCUT2D eigenvalue weighted by molar-refractivity contribution is 0.207. The fraction of sp³-hybridized carbons (Fsp3) is 0.571. The topological polar surface area (TPSA) is 29.3 Å². The van der Waals surface area contributed by atoms with Crippen LogP contribution in [-0.4, -0.2) is 35.5 Å². The molecule has 2 atom stereocenters. The van der Waals surface area contributed by atoms with E-state index in [1.807, 2.05) is 17.8 Å². The third kappa shape index (κ3) is 3.63. The first-order valence-electron chi connectivity index (χ1n) is 6.66. The number of nitrogens with zero attached hydrogens (tertiary/aromatic N) is 1. The van der Waals surface area contributed by atoms with Crippen LogP contribution in [0.25, 0.3) is 0 Å². The number of halogens is 2. The summed E-state index contributed by atoms with van der Waals surface area (Å²) in [6, 6.07) is 5.10. The van der Waals surface area contributed by atoms with Gasteiger partial charge < -0.3 is 5.73 Å². The molecule has 2 nitrogen and oxygen atoms in total. The second-order valence-electron chi connectivity index (χ2n) is 4.82. The molecule has 0 bridgehead atoms. The first kappa shape index (κ1) is 15.1. The third-order valence-corrected chi connectivity index (χ3v) is 5.30. The monoisotopic (exact) mass is 302 g/mol. The normalized spacial score (nSPS) is 22.4. The highest BCUT2D eigenvalue weighted by Crippen LogP contribution is 2.29. The molecule has 2 unspecified atom stereocenters. The molecule has 1 aliphatic rings. The van der Waals surface area contributed by atoms with E-state index < -0.39 is 0 Å². The molecule has 1 saturated heterocycles. The van der Waals surface area contributed by atoms with E-state index in [4.69, 9.17) is 17.3 Å². The van der Waals surface area contributed by atoms with Crippen LogP contribution in [0.3, 0.4) is 0 Å². The Labute approximate surface area is 123 Å². The SMILES string of the molecule is CCC1CN(C(CN)c2ccc(Cl)c(F)c2)CCS1. The zero-order valence-corrected chi connectivity index (χ0v) is 12.7. The van der Waals surface area contributed by atoms with Crippen LogP contribution in [0.4, 0.5) is 4.39 Å². The predicted molar refractivity (Wildman–Crippen MR) is 81.3 cm³/mol. The summed E-state index contributed by atoms with van der Waals surface area (Å²) in [7, 11) is 0. The van der Waals surface area contributed by atoms with Gasteiger partial charge in [-0.1, -0.05) is 24.6 Å². The van der Waals surface area contributed by atoms with E-state index in [9.17, 15) is 4.39 Å². The van der Waals surface area contributed by atoms with Gasteiger partial charge in [-0.25, -0.2) is 4.39 Å². The van der Waals surface area contributed by atoms with Crippen LogP contribution in [0.5, 0.6) is 0 Å². The molecule has 106 valence electrons. The van der Waals surface area contributed by atoms with E-state index in [1.165, 1.54) is 6.07 Å². The van der Waals surface area contributed by atoms with Gasteiger partial charge in [0.2, 0.25) is 0 Å². The van der Waals surface area contributed by atoms with E-state index >= 15 is 0 Å². The summed E-state index contributed by atoms with van der Waals surface area (Å²) >= 11 is 7.75. The quantitative estimate of drug-likeness (QED) is 0.925. The highest BCUT2D eigenvalue weighted by Gasteiger charge is 2.26. The molecule has 1 aliphatic heterocycles. The van der Waals surface area contributed by atoms with E-state index in [-0.39, 0.29) is 16.9 Å². The minimum atomic E-state index is -0.365. The number of benzene rings is 1. The van der Waals surface area contributed by atoms with Crippen LogP contribution < -0.4 is 5.73 Å². The zero-order valence-electron chi connectivity index (χ0n) is 11.1. The van der Waals surface area contributed by atoms with E-state index in [1.54, 1.807) is 6.07 Å². The maximum Gasteiger partial charge on any atom is 0.142 e. The first-order valence-corrected chi connectivity index (χ1v) is 8.09. The van der Waals surface area contributed by atoms with Crippen molar-refractivity contribution in [1.82, 2.24) is 4.90 Å². The molecule has 1 aromatic rings. The largest absolute Gasteiger partial charge is 0.329 e. The lowest BCUT2D eigenvalue weighted by Crippen LogP contribution is -2.42. The van der Waals surface area contributed by atoms with E-state index in [2.05, 4.69) is 11.8 Å². The summed E-state index contributed by atoms with van der Waals surface area (Å²) in [6.07, 6.45) is 1.16. The van der Waals surface area contributed by atoms with Crippen molar-refractivity contribution in [3.05, 3.63) is 34.6 Å². The van der Waals surface area contributed by atoms with Gasteiger partial charge in [0.15, 0.2) is 0 Å². The van der Waals surface area contributed by atoms with E-state index in [0.29, 0.717) is 11.8 Å². The molecule has 0 aliphatic carbocycles. The van der Waals surface area contributed by atoms with Gasteiger partial charge in [0.25, 0.3) is 0 Å². The van der Waals surface area contributed by atoms with Crippen molar-refractivity contribution in [2.45, 2.75) is 24.6 Å². The van der Waals surface area contributed by atoms with Crippen molar-refractivity contribution in [2.75, 3.05) is 25.4 Å². The van der Waals surface area contributed by atoms with Crippen LogP contribution in [0.1, 0.15) is 24.9 Å². The Morgan fingerprint density at radius 3 is 3.00 bits per heavy atom. The molecule has 2 rings (SSSR count). The predicted octanol–water partition coefficient (Wildman–Crippen LogP) is 3.31. The molecule has 0 spiro atoms. The van der Waals surface area contributed by atoms with Gasteiger partial charge >= 0.3 is 0 Å². The van der Waals surface area contributed by atoms with Crippen molar-refractivity contribution >= 4 is 23.4 Å². The second-order valence-corrected chi connectivity index (χ2v) is 6.64. The Kier molecular flexibility index (Phi) is 5.51. The average Bonchev–Trinajstić information content (AvgIpc) is 2.44. The van der Waals surface area contributed by atoms with Crippen molar-refractivity contribution in [3.8, 4) is 0 Å². The summed E-state index contributed by atoms with van der Waals surface area (Å²) in [5.74, 6) is 0.751. The molecule has 1 heterocycles. The summed E-state index contributed by atoms with van der Waals surface area (Å²) in [5.41, 5.74) is 6.83. The molecule has 5 heteroatoms. The summed E-state index contributed by atoms with van der Waals surface area (Å²) < 4.78 is 13.6. The Bertz CT molecular complexity index is 430. The average molecular weight is 303 g/mol. The maximum absolute atomic E-state index is 13.6. The van der Waals surface area contributed by atoms with Gasteiger partial charge in [0, 0.05) is 36.7 Å². The molecule has 2 N–H and O–H groups in total. The van der Waals surface area contributed by atoms with Gasteiger partial charge in [0.05, 0.1) is 5.02 Å². The van der Waals surface area contributed by atoms with Crippen LogP contribution in [0.2, 0.25) is 5.02 Å². The fourth-order valence-corrected chi connectivity index (χ4v) is 3.81. The molecule has 19 heavy (non-hydrogen) atoms. The highest BCUT2D eigenvalue weighted by atomic mass is 35.5. The smallest absolute Gasteiger partial charge is 0.142 e. The van der Waals surface area contributed by atoms with Crippen molar-refractivity contribution < 1.29 is 4.39 Å². The van der Waals surface area contributed by atoms with Crippen LogP contribution in [0, 0.1) is 5.82 Å². The number of rotatable bonds is 4. The Hall–Kier alpha value is -0.290. The van der Waals surface area contributed by atoms with Crippen molar-refractivity contribution in [2.24, 2.45) is 5.73 Å². The fourth-order valence-electron chi connectivity index (χ4n) is 2.49. The Morgan fingerprint density at radius 2 is 2.37 bits per heavy atom. The molecule has 0 aromatic heterocycles. The number of nitrogens with two attached hydrogens (primary N) is 1. The minimum Gasteiger partial charge on any atom is -0.329 e. The lowest BCUT2D eigenvalue weighted by atomic mass is 10.0. The van der Waals surface area contributed by atoms with Crippen LogP contribution in [-0.2, 0) is 0 Å². The van der Waals surface area contributed by atoms with Gasteiger partial charge in [-0.2, -0.15) is 11.8 Å². The lowest BCUT2D eigenvalue weighted by Gasteiger charge is -2.37. The number of hydrogen-bond acceptors (Lipinski definition) is 3. The number of hydrogen-bond donors (Lipinski definition) is 1. The van der Waals surface area contributed by atoms with Gasteiger partial charge in [-0.05, 0) is 24.1 Å². The van der Waals surface area contributed by atoms with E-state index in [0.717, 1.165) is 30.8 Å². The Morgan fingerprint density at radius 1 is 1.58 bits per heavy atom. The molecule has 0 radical (unpaired) electrons. The minimum absolute atomic E-state index is 0.0849. The molecular weight excluding hydrogens is 283 g/mol. The number of thioether (sulfide) groups is 1. The Balaban J connectivity index is 2.16. The van der Waals surface area contributed by atoms with Gasteiger partial charge in [-0.15, -0.1) is 0 Å². The summed E-state index contributed by atoms with van der Waals surface area (Å²) in [6.45, 7) is 4.74. The summed E-state index contributed by atoms with van der Waals surface area (Å²) in [5, 5.41) is 0.820. The molecule has 0 saturated carbocycles. The van der Waals surface area contributed by atoms with Crippen LogP contribution in [0.15, 0.2) is 18.2 Å². The molecule has 1 aromatic carbocycles. The van der Waals surface area contributed by atoms with Crippen molar-refractivity contribution in [3.63, 3.8) is 0 Å². The van der Waals surface area contributed by atoms with Gasteiger partial charge in [-0.3, -0.25) is 4.90 Å². The zero-order chi connectivity index (χ0) is 13.8. The first-order chi connectivity index (χ1) is 9.15. The molecule has 1 fully saturated rings. The highest BCUT2D eigenvalue weighted by molar-refractivity contribution is 8.00. The summed E-state index contributed by atoms with van der Waals surface area (Å²) in [4.78, 5) is 2.37.